The topological polar surface area (TPSA) is 44.8 Å². The first-order valence-corrected chi connectivity index (χ1v) is 11.0. The van der Waals surface area contributed by atoms with Crippen molar-refractivity contribution in [3.05, 3.63) is 24.3 Å². The number of hydrogen-bond acceptors (Lipinski definition) is 4. The quantitative estimate of drug-likeness (QED) is 0.845. The number of carbonyl (C=O) groups excluding carboxylic acids is 1. The van der Waals surface area contributed by atoms with Gasteiger partial charge in [0.1, 0.15) is 5.75 Å². The van der Waals surface area contributed by atoms with E-state index in [0.29, 0.717) is 6.61 Å². The minimum Gasteiger partial charge on any atom is -0.492 e. The van der Waals surface area contributed by atoms with Gasteiger partial charge in [-0.1, -0.05) is 18.6 Å². The Morgan fingerprint density at radius 3 is 2.81 bits per heavy atom. The maximum atomic E-state index is 13.1. The number of piperidine rings is 1. The molecule has 1 atom stereocenters. The lowest BCUT2D eigenvalue weighted by molar-refractivity contribution is 0.151. The van der Waals surface area contributed by atoms with E-state index in [-0.39, 0.29) is 12.1 Å². The number of carbonyl (C=O) groups is 1. The average molecular weight is 378 g/mol. The third-order valence-electron chi connectivity index (χ3n) is 5.05. The first-order valence-electron chi connectivity index (χ1n) is 9.87. The Kier molecular flexibility index (Phi) is 7.50. The van der Waals surface area contributed by atoms with Crippen molar-refractivity contribution in [3.63, 3.8) is 0 Å². The Hall–Kier alpha value is -1.40. The minimum atomic E-state index is 0.00154. The van der Waals surface area contributed by atoms with Crippen LogP contribution in [0.15, 0.2) is 24.3 Å². The zero-order valence-electron chi connectivity index (χ0n) is 15.8. The van der Waals surface area contributed by atoms with Gasteiger partial charge in [0.05, 0.1) is 18.3 Å². The van der Waals surface area contributed by atoms with Crippen LogP contribution in [-0.4, -0.2) is 66.2 Å². The molecule has 2 saturated heterocycles. The molecular weight excluding hydrogens is 346 g/mol. The summed E-state index contributed by atoms with van der Waals surface area (Å²) in [5.41, 5.74) is 0.757. The molecular formula is C20H31N3O2S. The van der Waals surface area contributed by atoms with E-state index >= 15 is 0 Å². The molecule has 0 bridgehead atoms. The van der Waals surface area contributed by atoms with E-state index in [0.717, 1.165) is 42.5 Å². The van der Waals surface area contributed by atoms with Crippen molar-refractivity contribution in [2.45, 2.75) is 38.6 Å². The van der Waals surface area contributed by atoms with E-state index in [1.54, 1.807) is 0 Å². The van der Waals surface area contributed by atoms with E-state index in [2.05, 4.69) is 15.1 Å². The Bertz CT molecular complexity index is 578. The highest BCUT2D eigenvalue weighted by atomic mass is 32.2. The number of ether oxygens (including phenoxy) is 1. The Morgan fingerprint density at radius 1 is 1.19 bits per heavy atom. The summed E-state index contributed by atoms with van der Waals surface area (Å²) in [4.78, 5) is 17.6. The summed E-state index contributed by atoms with van der Waals surface area (Å²) in [5.74, 6) is 2.90. The molecule has 2 aliphatic rings. The number of thioether (sulfide) groups is 1. The van der Waals surface area contributed by atoms with Crippen LogP contribution in [0.1, 0.15) is 32.6 Å². The molecule has 26 heavy (non-hydrogen) atoms. The van der Waals surface area contributed by atoms with Gasteiger partial charge < -0.3 is 19.9 Å². The molecule has 2 aliphatic heterocycles. The fourth-order valence-corrected chi connectivity index (χ4v) is 4.78. The summed E-state index contributed by atoms with van der Waals surface area (Å²) >= 11 is 1.98. The molecule has 1 unspecified atom stereocenters. The van der Waals surface area contributed by atoms with Crippen molar-refractivity contribution < 1.29 is 9.53 Å². The van der Waals surface area contributed by atoms with Gasteiger partial charge in [0, 0.05) is 18.8 Å². The van der Waals surface area contributed by atoms with Gasteiger partial charge in [0.15, 0.2) is 0 Å². The fourth-order valence-electron chi connectivity index (χ4n) is 3.73. The number of urea groups is 1. The lowest BCUT2D eigenvalue weighted by atomic mass is 10.1. The van der Waals surface area contributed by atoms with E-state index in [9.17, 15) is 4.79 Å². The van der Waals surface area contributed by atoms with Crippen LogP contribution in [0.3, 0.4) is 0 Å². The number of nitrogens with zero attached hydrogens (tertiary/aromatic N) is 2. The highest BCUT2D eigenvalue weighted by Crippen LogP contribution is 2.25. The Labute approximate surface area is 161 Å². The largest absolute Gasteiger partial charge is 0.492 e. The summed E-state index contributed by atoms with van der Waals surface area (Å²) in [6.45, 7) is 6.71. The number of benzene rings is 1. The minimum absolute atomic E-state index is 0.00154. The third-order valence-corrected chi connectivity index (χ3v) is 6.24. The third kappa shape index (κ3) is 5.30. The van der Waals surface area contributed by atoms with E-state index in [1.807, 2.05) is 43.0 Å². The van der Waals surface area contributed by atoms with Crippen molar-refractivity contribution in [1.82, 2.24) is 9.80 Å². The van der Waals surface area contributed by atoms with Crippen molar-refractivity contribution in [3.8, 4) is 5.75 Å². The van der Waals surface area contributed by atoms with Gasteiger partial charge in [0.25, 0.3) is 0 Å². The molecule has 0 saturated carbocycles. The molecule has 0 aromatic heterocycles. The van der Waals surface area contributed by atoms with E-state index in [1.165, 1.54) is 32.4 Å². The normalized spacial score (nSPS) is 21.9. The molecule has 5 nitrogen and oxygen atoms in total. The standard InChI is InChI=1S/C20H31N3O2S/c1-2-25-19-10-5-4-9-18(19)21-20(24)23-13-8-14-26-16-17(23)15-22-11-6-3-7-12-22/h4-5,9-10,17H,2-3,6-8,11-16H2,1H3,(H,21,24). The lowest BCUT2D eigenvalue weighted by Crippen LogP contribution is -2.50. The maximum absolute atomic E-state index is 13.1. The molecule has 0 spiro atoms. The van der Waals surface area contributed by atoms with Gasteiger partial charge in [-0.15, -0.1) is 0 Å². The van der Waals surface area contributed by atoms with Crippen molar-refractivity contribution in [2.24, 2.45) is 0 Å². The summed E-state index contributed by atoms with van der Waals surface area (Å²) in [6.07, 6.45) is 4.97. The first-order chi connectivity index (χ1) is 12.8. The number of nitrogens with one attached hydrogen (secondary N) is 1. The summed E-state index contributed by atoms with van der Waals surface area (Å²) in [6, 6.07) is 7.96. The molecule has 0 radical (unpaired) electrons. The number of hydrogen-bond donors (Lipinski definition) is 1. The first kappa shape index (κ1) is 19.4. The van der Waals surface area contributed by atoms with Crippen molar-refractivity contribution >= 4 is 23.5 Å². The highest BCUT2D eigenvalue weighted by Gasteiger charge is 2.28. The predicted molar refractivity (Wildman–Crippen MR) is 109 cm³/mol. The zero-order valence-corrected chi connectivity index (χ0v) is 16.6. The molecule has 6 heteroatoms. The second kappa shape index (κ2) is 10.1. The van der Waals surface area contributed by atoms with E-state index in [4.69, 9.17) is 4.74 Å². The highest BCUT2D eigenvalue weighted by molar-refractivity contribution is 7.99. The van der Waals surface area contributed by atoms with Crippen LogP contribution >= 0.6 is 11.8 Å². The molecule has 144 valence electrons. The van der Waals surface area contributed by atoms with Gasteiger partial charge in [0.2, 0.25) is 0 Å². The molecule has 1 aromatic rings. The van der Waals surface area contributed by atoms with Gasteiger partial charge in [-0.05, 0) is 57.2 Å². The number of rotatable bonds is 5. The van der Waals surface area contributed by atoms with Gasteiger partial charge in [-0.2, -0.15) is 11.8 Å². The van der Waals surface area contributed by atoms with Gasteiger partial charge in [-0.25, -0.2) is 4.79 Å². The number of anilines is 1. The van der Waals surface area contributed by atoms with Crippen LogP contribution in [0, 0.1) is 0 Å². The SMILES string of the molecule is CCOc1ccccc1NC(=O)N1CCCSCC1CN1CCCCC1. The van der Waals surface area contributed by atoms with Crippen LogP contribution in [0.5, 0.6) is 5.75 Å². The van der Waals surface area contributed by atoms with Crippen LogP contribution in [0.2, 0.25) is 0 Å². The number of likely N-dealkylation sites (tertiary alicyclic amines) is 1. The maximum Gasteiger partial charge on any atom is 0.322 e. The van der Waals surface area contributed by atoms with Crippen molar-refractivity contribution in [2.75, 3.05) is 49.6 Å². The second-order valence-corrected chi connectivity index (χ2v) is 8.15. The van der Waals surface area contributed by atoms with Gasteiger partial charge >= 0.3 is 6.03 Å². The van der Waals surface area contributed by atoms with Crippen LogP contribution in [0.25, 0.3) is 0 Å². The Morgan fingerprint density at radius 2 is 2.00 bits per heavy atom. The van der Waals surface area contributed by atoms with Crippen LogP contribution in [-0.2, 0) is 0 Å². The summed E-state index contributed by atoms with van der Waals surface area (Å²) in [7, 11) is 0. The smallest absolute Gasteiger partial charge is 0.322 e. The van der Waals surface area contributed by atoms with Crippen molar-refractivity contribution in [1.29, 1.82) is 0 Å². The zero-order chi connectivity index (χ0) is 18.2. The predicted octanol–water partition coefficient (Wildman–Crippen LogP) is 3.91. The second-order valence-electron chi connectivity index (χ2n) is 7.00. The Balaban J connectivity index is 1.67. The number of para-hydroxylation sites is 2. The molecule has 3 rings (SSSR count). The lowest BCUT2D eigenvalue weighted by Gasteiger charge is -2.35. The van der Waals surface area contributed by atoms with Crippen LogP contribution < -0.4 is 10.1 Å². The van der Waals surface area contributed by atoms with Gasteiger partial charge in [-0.3, -0.25) is 0 Å². The fraction of sp³-hybridized carbons (Fsp3) is 0.650. The average Bonchev–Trinajstić information content (AvgIpc) is 2.90. The molecule has 1 N–H and O–H groups in total. The summed E-state index contributed by atoms with van der Waals surface area (Å²) in [5, 5.41) is 3.09. The monoisotopic (exact) mass is 377 g/mol. The molecule has 0 aliphatic carbocycles. The molecule has 1 aromatic carbocycles. The van der Waals surface area contributed by atoms with E-state index < -0.39 is 0 Å². The summed E-state index contributed by atoms with van der Waals surface area (Å²) < 4.78 is 5.65. The molecule has 2 heterocycles. The molecule has 2 amide bonds. The number of amides is 2. The van der Waals surface area contributed by atoms with Crippen LogP contribution in [0.4, 0.5) is 10.5 Å². The molecule has 2 fully saturated rings.